The minimum atomic E-state index is -0.742. The number of nitrogens with one attached hydrogen (secondary N) is 2. The van der Waals surface area contributed by atoms with E-state index in [4.69, 9.17) is 9.47 Å². The van der Waals surface area contributed by atoms with Crippen molar-refractivity contribution in [3.8, 4) is 0 Å². The van der Waals surface area contributed by atoms with Crippen molar-refractivity contribution >= 4 is 28.9 Å². The number of aromatic nitrogens is 2. The first-order valence-electron chi connectivity index (χ1n) is 8.92. The van der Waals surface area contributed by atoms with E-state index in [-0.39, 0.29) is 36.1 Å². The Hall–Kier alpha value is -3.91. The lowest BCUT2D eigenvalue weighted by atomic mass is 10.2. The molecule has 14 heteroatoms. The first-order valence-corrected chi connectivity index (χ1v) is 8.92. The SMILES string of the molecule is COCCN(CCOC)c1ncnc(NNC(=O)c2cccc([N+](=O)[O-])c2)c1[N+](=O)[O-]. The van der Waals surface area contributed by atoms with E-state index in [9.17, 15) is 25.0 Å². The van der Waals surface area contributed by atoms with Gasteiger partial charge in [0.15, 0.2) is 0 Å². The summed E-state index contributed by atoms with van der Waals surface area (Å²) in [6, 6.07) is 5.03. The Labute approximate surface area is 176 Å². The van der Waals surface area contributed by atoms with Crippen molar-refractivity contribution in [3.63, 3.8) is 0 Å². The standard InChI is InChI=1S/C17H21N7O7/c1-30-8-6-22(7-9-31-2)16-14(24(28)29)15(18-11-19-16)20-21-17(25)12-4-3-5-13(10-12)23(26)27/h3-5,10-11H,6-9H2,1-2H3,(H,21,25)(H,18,19,20). The molecule has 2 N–H and O–H groups in total. The van der Waals surface area contributed by atoms with Crippen LogP contribution in [0.2, 0.25) is 0 Å². The molecule has 2 aromatic rings. The van der Waals surface area contributed by atoms with Crippen LogP contribution in [0.4, 0.5) is 23.0 Å². The fraction of sp³-hybridized carbons (Fsp3) is 0.353. The fourth-order valence-electron chi connectivity index (χ4n) is 2.54. The van der Waals surface area contributed by atoms with Crippen LogP contribution < -0.4 is 15.8 Å². The van der Waals surface area contributed by atoms with Gasteiger partial charge in [-0.1, -0.05) is 6.07 Å². The molecule has 0 aliphatic rings. The average Bonchev–Trinajstić information content (AvgIpc) is 2.77. The van der Waals surface area contributed by atoms with Gasteiger partial charge in [-0.2, -0.15) is 0 Å². The van der Waals surface area contributed by atoms with Crippen molar-refractivity contribution in [3.05, 3.63) is 56.4 Å². The summed E-state index contributed by atoms with van der Waals surface area (Å²) < 4.78 is 10.1. The molecule has 0 aliphatic heterocycles. The van der Waals surface area contributed by atoms with Gasteiger partial charge in [0.1, 0.15) is 6.33 Å². The lowest BCUT2D eigenvalue weighted by molar-refractivity contribution is -0.384. The van der Waals surface area contributed by atoms with Crippen molar-refractivity contribution in [1.82, 2.24) is 15.4 Å². The first kappa shape index (κ1) is 23.4. The van der Waals surface area contributed by atoms with Crippen LogP contribution in [0, 0.1) is 20.2 Å². The van der Waals surface area contributed by atoms with Crippen LogP contribution >= 0.6 is 0 Å². The van der Waals surface area contributed by atoms with Gasteiger partial charge in [-0.25, -0.2) is 9.97 Å². The minimum Gasteiger partial charge on any atom is -0.383 e. The molecule has 0 fully saturated rings. The van der Waals surface area contributed by atoms with E-state index in [1.54, 1.807) is 4.90 Å². The Kier molecular flexibility index (Phi) is 8.53. The quantitative estimate of drug-likeness (QED) is 0.361. The molecular formula is C17H21N7O7. The highest BCUT2D eigenvalue weighted by atomic mass is 16.6. The molecule has 0 radical (unpaired) electrons. The van der Waals surface area contributed by atoms with Crippen molar-refractivity contribution in [2.45, 2.75) is 0 Å². The third kappa shape index (κ3) is 6.28. The number of amides is 1. The molecule has 14 nitrogen and oxygen atoms in total. The van der Waals surface area contributed by atoms with Gasteiger partial charge in [-0.3, -0.25) is 35.9 Å². The zero-order valence-electron chi connectivity index (χ0n) is 16.8. The van der Waals surface area contributed by atoms with Crippen molar-refractivity contribution in [2.24, 2.45) is 0 Å². The summed E-state index contributed by atoms with van der Waals surface area (Å²) in [5.74, 6) is -0.983. The van der Waals surface area contributed by atoms with Crippen molar-refractivity contribution < 1.29 is 24.1 Å². The lowest BCUT2D eigenvalue weighted by Crippen LogP contribution is -2.33. The first-order chi connectivity index (χ1) is 14.9. The molecule has 0 saturated heterocycles. The van der Waals surface area contributed by atoms with E-state index in [2.05, 4.69) is 20.8 Å². The Morgan fingerprint density at radius 1 is 1.10 bits per heavy atom. The highest BCUT2D eigenvalue weighted by Crippen LogP contribution is 2.31. The summed E-state index contributed by atoms with van der Waals surface area (Å²) in [5, 5.41) is 22.6. The Balaban J connectivity index is 2.27. The maximum Gasteiger partial charge on any atom is 0.355 e. The highest BCUT2D eigenvalue weighted by Gasteiger charge is 2.27. The largest absolute Gasteiger partial charge is 0.383 e. The number of hydrogen-bond donors (Lipinski definition) is 2. The molecule has 1 aromatic heterocycles. The molecular weight excluding hydrogens is 414 g/mol. The normalized spacial score (nSPS) is 10.4. The number of nitrogens with zero attached hydrogens (tertiary/aromatic N) is 5. The molecule has 1 amide bonds. The summed E-state index contributed by atoms with van der Waals surface area (Å²) in [4.78, 5) is 43.1. The molecule has 0 aliphatic carbocycles. The number of nitro groups is 2. The zero-order chi connectivity index (χ0) is 22.8. The highest BCUT2D eigenvalue weighted by molar-refractivity contribution is 5.95. The average molecular weight is 435 g/mol. The van der Waals surface area contributed by atoms with E-state index in [0.717, 1.165) is 12.4 Å². The molecule has 0 bridgehead atoms. The predicted molar refractivity (Wildman–Crippen MR) is 109 cm³/mol. The van der Waals surface area contributed by atoms with Gasteiger partial charge in [-0.05, 0) is 6.07 Å². The molecule has 1 aromatic carbocycles. The minimum absolute atomic E-state index is 0.0135. The number of carbonyl (C=O) groups excluding carboxylic acids is 1. The van der Waals surface area contributed by atoms with Crippen LogP contribution in [0.15, 0.2) is 30.6 Å². The van der Waals surface area contributed by atoms with Crippen LogP contribution in [-0.2, 0) is 9.47 Å². The van der Waals surface area contributed by atoms with Crippen LogP contribution in [0.5, 0.6) is 0 Å². The summed E-state index contributed by atoms with van der Waals surface area (Å²) in [6.45, 7) is 1.18. The number of hydrazine groups is 1. The monoisotopic (exact) mass is 435 g/mol. The Bertz CT molecular complexity index is 933. The number of rotatable bonds is 12. The molecule has 1 heterocycles. The molecule has 166 valence electrons. The molecule has 0 unspecified atom stereocenters. The van der Waals surface area contributed by atoms with Gasteiger partial charge in [0.25, 0.3) is 11.6 Å². The number of non-ortho nitro benzene ring substituents is 1. The van der Waals surface area contributed by atoms with Crippen LogP contribution in [0.25, 0.3) is 0 Å². The van der Waals surface area contributed by atoms with E-state index < -0.39 is 21.4 Å². The second-order valence-corrected chi connectivity index (χ2v) is 6.01. The number of anilines is 2. The number of methoxy groups -OCH3 is 2. The van der Waals surface area contributed by atoms with E-state index in [0.29, 0.717) is 13.1 Å². The molecule has 31 heavy (non-hydrogen) atoms. The van der Waals surface area contributed by atoms with Gasteiger partial charge in [0.05, 0.1) is 23.1 Å². The number of hydrogen-bond acceptors (Lipinski definition) is 11. The van der Waals surface area contributed by atoms with Gasteiger partial charge in [0, 0.05) is 45.0 Å². The summed E-state index contributed by atoms with van der Waals surface area (Å²) in [6.07, 6.45) is 1.11. The molecule has 0 saturated carbocycles. The number of benzene rings is 1. The second-order valence-electron chi connectivity index (χ2n) is 6.01. The maximum atomic E-state index is 12.3. The molecule has 0 spiro atoms. The van der Waals surface area contributed by atoms with Crippen LogP contribution in [0.3, 0.4) is 0 Å². The number of carbonyl (C=O) groups is 1. The van der Waals surface area contributed by atoms with Gasteiger partial charge < -0.3 is 14.4 Å². The Morgan fingerprint density at radius 3 is 2.35 bits per heavy atom. The third-order valence-electron chi connectivity index (χ3n) is 4.03. The Morgan fingerprint density at radius 2 is 1.77 bits per heavy atom. The molecule has 0 atom stereocenters. The smallest absolute Gasteiger partial charge is 0.355 e. The summed E-state index contributed by atoms with van der Waals surface area (Å²) in [5.41, 5.74) is 3.91. The van der Waals surface area contributed by atoms with Crippen LogP contribution in [0.1, 0.15) is 10.4 Å². The van der Waals surface area contributed by atoms with Crippen LogP contribution in [-0.4, -0.2) is 66.2 Å². The summed E-state index contributed by atoms with van der Waals surface area (Å²) >= 11 is 0. The van der Waals surface area contributed by atoms with Crippen molar-refractivity contribution in [2.75, 3.05) is 50.8 Å². The van der Waals surface area contributed by atoms with Gasteiger partial charge in [0.2, 0.25) is 11.6 Å². The van der Waals surface area contributed by atoms with Gasteiger partial charge >= 0.3 is 5.69 Å². The topological polar surface area (TPSA) is 175 Å². The van der Waals surface area contributed by atoms with Gasteiger partial charge in [-0.15, -0.1) is 0 Å². The lowest BCUT2D eigenvalue weighted by Gasteiger charge is -2.23. The fourth-order valence-corrected chi connectivity index (χ4v) is 2.54. The number of ether oxygens (including phenoxy) is 2. The zero-order valence-corrected chi connectivity index (χ0v) is 16.8. The predicted octanol–water partition coefficient (Wildman–Crippen LogP) is 1.15. The third-order valence-corrected chi connectivity index (χ3v) is 4.03. The maximum absolute atomic E-state index is 12.3. The number of nitro benzene ring substituents is 1. The van der Waals surface area contributed by atoms with E-state index in [1.807, 2.05) is 0 Å². The van der Waals surface area contributed by atoms with E-state index >= 15 is 0 Å². The van der Waals surface area contributed by atoms with Crippen molar-refractivity contribution in [1.29, 1.82) is 0 Å². The molecule has 2 rings (SSSR count). The van der Waals surface area contributed by atoms with E-state index in [1.165, 1.54) is 32.4 Å². The summed E-state index contributed by atoms with van der Waals surface area (Å²) in [7, 11) is 3.00. The second kappa shape index (κ2) is 11.3.